The van der Waals surface area contributed by atoms with E-state index >= 15 is 0 Å². The van der Waals surface area contributed by atoms with Crippen molar-refractivity contribution in [2.45, 2.75) is 0 Å². The highest BCUT2D eigenvalue weighted by Gasteiger charge is 2.23. The highest BCUT2D eigenvalue weighted by atomic mass is 16.4. The van der Waals surface area contributed by atoms with Crippen molar-refractivity contribution in [1.29, 1.82) is 0 Å². The molecule has 5 nitrogen and oxygen atoms in total. The molecule has 7 rings (SSSR count). The maximum Gasteiger partial charge on any atom is 0.205 e. The van der Waals surface area contributed by atoms with Crippen LogP contribution < -0.4 is 10.9 Å². The second-order valence-corrected chi connectivity index (χ2v) is 8.36. The lowest BCUT2D eigenvalue weighted by Gasteiger charge is -2.09. The summed E-state index contributed by atoms with van der Waals surface area (Å²) in [5.74, 6) is 0.618. The van der Waals surface area contributed by atoms with E-state index in [1.54, 1.807) is 36.4 Å². The van der Waals surface area contributed by atoms with Crippen LogP contribution in [0.15, 0.2) is 120 Å². The molecule has 0 radical (unpaired) electrons. The summed E-state index contributed by atoms with van der Waals surface area (Å²) < 4.78 is 18.9. The predicted molar refractivity (Wildman–Crippen MR) is 137 cm³/mol. The van der Waals surface area contributed by atoms with Crippen LogP contribution in [-0.2, 0) is 0 Å². The van der Waals surface area contributed by atoms with E-state index in [4.69, 9.17) is 13.3 Å². The standard InChI is InChI=1S/C30H16O5/c31-27-23-19-13-7-15-21(23)34-29(17-9-3-1-4-10-17)25(27)26-28(32)24-20(33-19)14-8-16-22(24)35-30(26)18-11-5-2-6-12-18/h1-16H. The zero-order valence-corrected chi connectivity index (χ0v) is 18.3. The molecule has 0 fully saturated rings. The molecule has 5 heteroatoms. The van der Waals surface area contributed by atoms with Crippen LogP contribution in [0.25, 0.3) is 66.5 Å². The Balaban J connectivity index is 1.89. The Labute approximate surface area is 197 Å². The molecule has 4 bridgehead atoms. The Kier molecular flexibility index (Phi) is 4.08. The Hall–Kier alpha value is -4.90. The summed E-state index contributed by atoms with van der Waals surface area (Å²) in [5, 5.41) is 0.872. The lowest BCUT2D eigenvalue weighted by atomic mass is 9.99. The van der Waals surface area contributed by atoms with Crippen molar-refractivity contribution in [2.24, 2.45) is 0 Å². The maximum absolute atomic E-state index is 14.2. The van der Waals surface area contributed by atoms with Gasteiger partial charge < -0.3 is 13.3 Å². The van der Waals surface area contributed by atoms with Gasteiger partial charge in [0.1, 0.15) is 44.6 Å². The zero-order valence-electron chi connectivity index (χ0n) is 18.3. The molecule has 0 aliphatic rings. The van der Waals surface area contributed by atoms with E-state index < -0.39 is 0 Å². The zero-order chi connectivity index (χ0) is 23.5. The molecule has 0 aliphatic heterocycles. The van der Waals surface area contributed by atoms with Gasteiger partial charge in [0.05, 0.1) is 10.8 Å². The lowest BCUT2D eigenvalue weighted by molar-refractivity contribution is 0.621. The van der Waals surface area contributed by atoms with Gasteiger partial charge in [-0.3, -0.25) is 9.59 Å². The summed E-state index contributed by atoms with van der Waals surface area (Å²) in [5.41, 5.74) is 2.07. The van der Waals surface area contributed by atoms with E-state index in [1.165, 1.54) is 0 Å². The van der Waals surface area contributed by atoms with Gasteiger partial charge in [-0.25, -0.2) is 0 Å². The Morgan fingerprint density at radius 2 is 0.743 bits per heavy atom. The quantitative estimate of drug-likeness (QED) is 0.277. The Morgan fingerprint density at radius 3 is 1.14 bits per heavy atom. The molecule has 7 aromatic rings. The number of rotatable bonds is 2. The van der Waals surface area contributed by atoms with Crippen molar-refractivity contribution in [1.82, 2.24) is 0 Å². The first kappa shape index (κ1) is 19.6. The van der Waals surface area contributed by atoms with Crippen LogP contribution in [0, 0.1) is 0 Å². The number of fused-ring (bicyclic) bond motifs is 3. The monoisotopic (exact) mass is 456 g/mol. The molecule has 3 aromatic heterocycles. The molecule has 3 heterocycles. The largest absolute Gasteiger partial charge is 0.456 e. The van der Waals surface area contributed by atoms with E-state index in [9.17, 15) is 9.59 Å². The van der Waals surface area contributed by atoms with Crippen molar-refractivity contribution in [3.05, 3.63) is 118 Å². The topological polar surface area (TPSA) is 73.6 Å². The van der Waals surface area contributed by atoms with Crippen LogP contribution in [0.3, 0.4) is 0 Å². The first-order chi connectivity index (χ1) is 17.2. The van der Waals surface area contributed by atoms with Crippen molar-refractivity contribution in [3.63, 3.8) is 0 Å². The minimum absolute atomic E-state index is 0.158. The third-order valence-corrected chi connectivity index (χ3v) is 6.30. The molecule has 0 atom stereocenters. The third kappa shape index (κ3) is 2.82. The fourth-order valence-electron chi connectivity index (χ4n) is 4.75. The highest BCUT2D eigenvalue weighted by Crippen LogP contribution is 2.36. The van der Waals surface area contributed by atoms with Gasteiger partial charge in [0.2, 0.25) is 10.9 Å². The van der Waals surface area contributed by atoms with E-state index in [0.29, 0.717) is 45.0 Å². The normalized spacial score (nSPS) is 11.7. The molecule has 0 unspecified atom stereocenters. The summed E-state index contributed by atoms with van der Waals surface area (Å²) in [4.78, 5) is 28.4. The van der Waals surface area contributed by atoms with Crippen LogP contribution >= 0.6 is 0 Å². The van der Waals surface area contributed by atoms with E-state index in [2.05, 4.69) is 0 Å². The predicted octanol–water partition coefficient (Wildman–Crippen LogP) is 7.13. The third-order valence-electron chi connectivity index (χ3n) is 6.30. The van der Waals surface area contributed by atoms with Crippen molar-refractivity contribution >= 4 is 43.9 Å². The Bertz CT molecular complexity index is 1880. The number of hydrogen-bond acceptors (Lipinski definition) is 5. The van der Waals surface area contributed by atoms with Gasteiger partial charge in [-0.2, -0.15) is 0 Å². The smallest absolute Gasteiger partial charge is 0.205 e. The first-order valence-corrected chi connectivity index (χ1v) is 11.2. The van der Waals surface area contributed by atoms with Crippen LogP contribution in [0.1, 0.15) is 0 Å². The molecule has 0 amide bonds. The second kappa shape index (κ2) is 7.30. The minimum Gasteiger partial charge on any atom is -0.456 e. The van der Waals surface area contributed by atoms with Crippen LogP contribution in [0.2, 0.25) is 0 Å². The van der Waals surface area contributed by atoms with E-state index in [-0.39, 0.29) is 32.4 Å². The molecular weight excluding hydrogens is 440 g/mol. The molecule has 0 spiro atoms. The van der Waals surface area contributed by atoms with E-state index in [0.717, 1.165) is 0 Å². The average Bonchev–Trinajstić information content (AvgIpc) is 2.92. The molecule has 4 aromatic carbocycles. The number of benzene rings is 4. The highest BCUT2D eigenvalue weighted by molar-refractivity contribution is 6.10. The Morgan fingerprint density at radius 1 is 0.371 bits per heavy atom. The van der Waals surface area contributed by atoms with Gasteiger partial charge in [-0.05, 0) is 24.3 Å². The summed E-state index contributed by atoms with van der Waals surface area (Å²) in [6.07, 6.45) is 0. The van der Waals surface area contributed by atoms with Crippen LogP contribution in [0.4, 0.5) is 0 Å². The van der Waals surface area contributed by atoms with Gasteiger partial charge in [-0.1, -0.05) is 72.8 Å². The van der Waals surface area contributed by atoms with Gasteiger partial charge in [0.15, 0.2) is 0 Å². The van der Waals surface area contributed by atoms with Crippen molar-refractivity contribution in [3.8, 4) is 22.6 Å². The van der Waals surface area contributed by atoms with E-state index in [1.807, 2.05) is 60.7 Å². The molecule has 166 valence electrons. The molecule has 0 saturated heterocycles. The summed E-state index contributed by atoms with van der Waals surface area (Å²) in [6.45, 7) is 0. The van der Waals surface area contributed by atoms with Gasteiger partial charge in [0.25, 0.3) is 0 Å². The lowest BCUT2D eigenvalue weighted by Crippen LogP contribution is -2.10. The molecule has 35 heavy (non-hydrogen) atoms. The molecule has 0 saturated carbocycles. The van der Waals surface area contributed by atoms with Gasteiger partial charge in [0, 0.05) is 11.1 Å². The van der Waals surface area contributed by atoms with Crippen LogP contribution in [-0.4, -0.2) is 0 Å². The summed E-state index contributed by atoms with van der Waals surface area (Å²) in [7, 11) is 0. The fourth-order valence-corrected chi connectivity index (χ4v) is 4.75. The summed E-state index contributed by atoms with van der Waals surface area (Å²) >= 11 is 0. The molecule has 0 aliphatic carbocycles. The number of hydrogen-bond donors (Lipinski definition) is 0. The minimum atomic E-state index is -0.350. The van der Waals surface area contributed by atoms with Crippen molar-refractivity contribution < 1.29 is 13.3 Å². The fraction of sp³-hybridized carbons (Fsp3) is 0. The van der Waals surface area contributed by atoms with Gasteiger partial charge >= 0.3 is 0 Å². The molecular formula is C30H16O5. The molecule has 0 N–H and O–H groups in total. The van der Waals surface area contributed by atoms with Crippen molar-refractivity contribution in [2.75, 3.05) is 0 Å². The summed E-state index contributed by atoms with van der Waals surface area (Å²) in [6, 6.07) is 29.0. The average molecular weight is 456 g/mol. The maximum atomic E-state index is 14.2. The second-order valence-electron chi connectivity index (χ2n) is 8.36. The van der Waals surface area contributed by atoms with Gasteiger partial charge in [-0.15, -0.1) is 0 Å². The first-order valence-electron chi connectivity index (χ1n) is 11.2. The van der Waals surface area contributed by atoms with Crippen LogP contribution in [0.5, 0.6) is 0 Å². The SMILES string of the molecule is O=c1c2c(-c3ccccc3)oc3cccc(oc4cccc5oc(-c6ccccc6)c2c(=O)c54)c13.